The number of hydrogen-bond acceptors (Lipinski definition) is 2. The van der Waals surface area contributed by atoms with Crippen LogP contribution in [0, 0.1) is 0 Å². The van der Waals surface area contributed by atoms with Gasteiger partial charge in [-0.25, -0.2) is 17.6 Å². The molecule has 0 aromatic heterocycles. The Morgan fingerprint density at radius 1 is 1.25 bits per heavy atom. The van der Waals surface area contributed by atoms with Crippen molar-refractivity contribution in [1.82, 2.24) is 4.90 Å². The average Bonchev–Trinajstić information content (AvgIpc) is 2.15. The van der Waals surface area contributed by atoms with Crippen molar-refractivity contribution in [2.45, 2.75) is 18.8 Å². The van der Waals surface area contributed by atoms with Gasteiger partial charge in [-0.15, -0.1) is 0 Å². The Morgan fingerprint density at radius 3 is 2.06 bits per heavy atom. The van der Waals surface area contributed by atoms with Gasteiger partial charge in [0.25, 0.3) is 12.3 Å². The third kappa shape index (κ3) is 3.87. The molecule has 0 bridgehead atoms. The molecular formula is C7H9F6NO2. The van der Waals surface area contributed by atoms with Crippen LogP contribution < -0.4 is 0 Å². The van der Waals surface area contributed by atoms with E-state index in [2.05, 4.69) is 0 Å². The fraction of sp³-hybridized carbons (Fsp3) is 0.857. The van der Waals surface area contributed by atoms with Gasteiger partial charge in [0.15, 0.2) is 0 Å². The third-order valence-corrected chi connectivity index (χ3v) is 1.57. The Bertz CT molecular complexity index is 235. The molecule has 1 amide bonds. The van der Waals surface area contributed by atoms with E-state index >= 15 is 0 Å². The van der Waals surface area contributed by atoms with Gasteiger partial charge in [-0.3, -0.25) is 4.79 Å². The van der Waals surface area contributed by atoms with Gasteiger partial charge in [-0.2, -0.15) is 8.78 Å². The van der Waals surface area contributed by atoms with E-state index in [1.54, 1.807) is 0 Å². The molecule has 0 saturated heterocycles. The first-order valence-electron chi connectivity index (χ1n) is 4.07. The zero-order valence-corrected chi connectivity index (χ0v) is 7.85. The van der Waals surface area contributed by atoms with Gasteiger partial charge >= 0.3 is 12.3 Å². The topological polar surface area (TPSA) is 40.5 Å². The summed E-state index contributed by atoms with van der Waals surface area (Å²) in [5.41, 5.74) is 0. The lowest BCUT2D eigenvalue weighted by Gasteiger charge is -2.25. The van der Waals surface area contributed by atoms with Crippen LogP contribution in [-0.2, 0) is 4.79 Å². The number of amides is 1. The zero-order valence-electron chi connectivity index (χ0n) is 7.85. The summed E-state index contributed by atoms with van der Waals surface area (Å²) in [6.07, 6.45) is -7.43. The van der Waals surface area contributed by atoms with Crippen molar-refractivity contribution in [1.29, 1.82) is 0 Å². The van der Waals surface area contributed by atoms with E-state index in [1.807, 2.05) is 0 Å². The Balaban J connectivity index is 4.72. The van der Waals surface area contributed by atoms with Crippen LogP contribution in [0.1, 0.15) is 0 Å². The maximum absolute atomic E-state index is 12.5. The number of carbonyl (C=O) groups is 1. The standard InChI is InChI=1S/C7H9F6NO2/c8-4(9)3-14(1-2-15)6(16)7(12,13)5(10)11/h4-5,15H,1-3H2. The second kappa shape index (κ2) is 5.92. The summed E-state index contributed by atoms with van der Waals surface area (Å²) in [4.78, 5) is 10.6. The van der Waals surface area contributed by atoms with Crippen LogP contribution in [0.15, 0.2) is 0 Å². The van der Waals surface area contributed by atoms with Gasteiger partial charge in [-0.05, 0) is 0 Å². The van der Waals surface area contributed by atoms with E-state index in [1.165, 1.54) is 0 Å². The Morgan fingerprint density at radius 2 is 1.75 bits per heavy atom. The van der Waals surface area contributed by atoms with E-state index < -0.39 is 44.4 Å². The van der Waals surface area contributed by atoms with Gasteiger partial charge < -0.3 is 10.0 Å². The van der Waals surface area contributed by atoms with Crippen molar-refractivity contribution in [3.05, 3.63) is 0 Å². The molecule has 0 aliphatic carbocycles. The number of aliphatic hydroxyl groups is 1. The predicted molar refractivity (Wildman–Crippen MR) is 40.6 cm³/mol. The highest BCUT2D eigenvalue weighted by molar-refractivity contribution is 5.84. The number of hydrogen-bond donors (Lipinski definition) is 1. The fourth-order valence-electron chi connectivity index (χ4n) is 0.867. The molecule has 0 radical (unpaired) electrons. The lowest BCUT2D eigenvalue weighted by atomic mass is 10.3. The summed E-state index contributed by atoms with van der Waals surface area (Å²) in [6, 6.07) is 0. The molecule has 0 rings (SSSR count). The maximum atomic E-state index is 12.5. The molecule has 0 unspecified atom stereocenters. The normalized spacial score (nSPS) is 12.3. The predicted octanol–water partition coefficient (Wildman–Crippen LogP) is 0.973. The SMILES string of the molecule is O=C(N(CCO)CC(F)F)C(F)(F)C(F)F. The minimum absolute atomic E-state index is 0.198. The van der Waals surface area contributed by atoms with Crippen LogP contribution in [0.25, 0.3) is 0 Å². The quantitative estimate of drug-likeness (QED) is 0.716. The molecule has 1 N–H and O–H groups in total. The number of alkyl halides is 6. The highest BCUT2D eigenvalue weighted by Gasteiger charge is 2.51. The summed E-state index contributed by atoms with van der Waals surface area (Å²) in [5.74, 6) is -7.44. The zero-order chi connectivity index (χ0) is 12.9. The van der Waals surface area contributed by atoms with Gasteiger partial charge in [0.2, 0.25) is 0 Å². The fourth-order valence-corrected chi connectivity index (χ4v) is 0.867. The molecule has 3 nitrogen and oxygen atoms in total. The number of rotatable bonds is 6. The molecule has 0 spiro atoms. The lowest BCUT2D eigenvalue weighted by Crippen LogP contribution is -2.50. The summed E-state index contributed by atoms with van der Waals surface area (Å²) in [6.45, 7) is -3.16. The molecule has 0 heterocycles. The van der Waals surface area contributed by atoms with Gasteiger partial charge in [0.05, 0.1) is 13.2 Å². The van der Waals surface area contributed by atoms with Crippen molar-refractivity contribution >= 4 is 5.91 Å². The van der Waals surface area contributed by atoms with Crippen LogP contribution in [-0.4, -0.2) is 54.4 Å². The van der Waals surface area contributed by atoms with Crippen molar-refractivity contribution in [2.75, 3.05) is 19.7 Å². The number of aliphatic hydroxyl groups excluding tert-OH is 1. The lowest BCUT2D eigenvalue weighted by molar-refractivity contribution is -0.182. The molecule has 0 aliphatic heterocycles. The van der Waals surface area contributed by atoms with Crippen LogP contribution >= 0.6 is 0 Å². The highest BCUT2D eigenvalue weighted by atomic mass is 19.3. The summed E-state index contributed by atoms with van der Waals surface area (Å²) >= 11 is 0. The minimum Gasteiger partial charge on any atom is -0.395 e. The second-order valence-electron chi connectivity index (χ2n) is 2.79. The van der Waals surface area contributed by atoms with Crippen LogP contribution in [0.5, 0.6) is 0 Å². The molecule has 0 saturated carbocycles. The Labute approximate surface area is 86.6 Å². The van der Waals surface area contributed by atoms with Crippen molar-refractivity contribution in [3.63, 3.8) is 0 Å². The smallest absolute Gasteiger partial charge is 0.383 e. The third-order valence-electron chi connectivity index (χ3n) is 1.57. The summed E-state index contributed by atoms with van der Waals surface area (Å²) < 4.78 is 72.2. The molecule has 16 heavy (non-hydrogen) atoms. The van der Waals surface area contributed by atoms with Gasteiger partial charge in [0.1, 0.15) is 0 Å². The highest BCUT2D eigenvalue weighted by Crippen LogP contribution is 2.25. The first-order chi connectivity index (χ1) is 7.23. The Hall–Kier alpha value is -0.990. The number of nitrogens with zero attached hydrogens (tertiary/aromatic N) is 1. The average molecular weight is 253 g/mol. The molecule has 96 valence electrons. The van der Waals surface area contributed by atoms with Gasteiger partial charge in [0, 0.05) is 6.54 Å². The van der Waals surface area contributed by atoms with Crippen molar-refractivity contribution in [3.8, 4) is 0 Å². The van der Waals surface area contributed by atoms with E-state index in [9.17, 15) is 31.1 Å². The molecule has 0 fully saturated rings. The minimum atomic E-state index is -5.02. The second-order valence-corrected chi connectivity index (χ2v) is 2.79. The molecule has 0 atom stereocenters. The van der Waals surface area contributed by atoms with E-state index in [0.29, 0.717) is 0 Å². The number of halogens is 6. The van der Waals surface area contributed by atoms with E-state index in [0.717, 1.165) is 0 Å². The number of carbonyl (C=O) groups excluding carboxylic acids is 1. The Kier molecular flexibility index (Phi) is 5.56. The first kappa shape index (κ1) is 15.0. The van der Waals surface area contributed by atoms with Crippen molar-refractivity contribution in [2.24, 2.45) is 0 Å². The summed E-state index contributed by atoms with van der Waals surface area (Å²) in [5, 5.41) is 8.33. The van der Waals surface area contributed by atoms with Crippen LogP contribution in [0.2, 0.25) is 0 Å². The summed E-state index contributed by atoms with van der Waals surface area (Å²) in [7, 11) is 0. The van der Waals surface area contributed by atoms with Gasteiger partial charge in [-0.1, -0.05) is 0 Å². The first-order valence-corrected chi connectivity index (χ1v) is 4.07. The van der Waals surface area contributed by atoms with E-state index in [4.69, 9.17) is 5.11 Å². The largest absolute Gasteiger partial charge is 0.395 e. The molecule has 9 heteroatoms. The van der Waals surface area contributed by atoms with Crippen LogP contribution in [0.3, 0.4) is 0 Å². The molecular weight excluding hydrogens is 244 g/mol. The van der Waals surface area contributed by atoms with Crippen molar-refractivity contribution < 1.29 is 36.2 Å². The molecule has 0 aliphatic rings. The van der Waals surface area contributed by atoms with Crippen LogP contribution in [0.4, 0.5) is 26.3 Å². The molecule has 0 aromatic rings. The molecule has 0 aromatic carbocycles. The van der Waals surface area contributed by atoms with E-state index in [-0.39, 0.29) is 4.90 Å². The maximum Gasteiger partial charge on any atom is 0.383 e. The monoisotopic (exact) mass is 253 g/mol.